The predicted molar refractivity (Wildman–Crippen MR) is 172 cm³/mol. The van der Waals surface area contributed by atoms with Gasteiger partial charge in [-0.15, -0.1) is 0 Å². The smallest absolute Gasteiger partial charge is 0.264 e. The van der Waals surface area contributed by atoms with Gasteiger partial charge >= 0.3 is 0 Å². The number of carbonyl (C=O) groups is 2. The molecule has 7 nitrogen and oxygen atoms in total. The summed E-state index contributed by atoms with van der Waals surface area (Å²) in [7, 11) is -4.18. The number of carbonyl (C=O) groups excluding carboxylic acids is 2. The summed E-state index contributed by atoms with van der Waals surface area (Å²) >= 11 is 6.04. The van der Waals surface area contributed by atoms with E-state index in [1.165, 1.54) is 29.2 Å². The zero-order valence-electron chi connectivity index (χ0n) is 24.5. The third kappa shape index (κ3) is 8.24. The molecule has 0 radical (unpaired) electrons. The van der Waals surface area contributed by atoms with Gasteiger partial charge in [-0.1, -0.05) is 89.5 Å². The Kier molecular flexibility index (Phi) is 10.6. The van der Waals surface area contributed by atoms with Crippen LogP contribution >= 0.6 is 11.6 Å². The second-order valence-electron chi connectivity index (χ2n) is 10.4. The van der Waals surface area contributed by atoms with Crippen LogP contribution in [0.4, 0.5) is 5.69 Å². The number of benzene rings is 4. The van der Waals surface area contributed by atoms with Gasteiger partial charge in [0.2, 0.25) is 11.8 Å². The summed E-state index contributed by atoms with van der Waals surface area (Å²) in [6.07, 6.45) is 0.263. The second-order valence-corrected chi connectivity index (χ2v) is 12.7. The van der Waals surface area contributed by atoms with Gasteiger partial charge in [0.15, 0.2) is 0 Å². The molecular weight excluding hydrogens is 582 g/mol. The van der Waals surface area contributed by atoms with Crippen LogP contribution in [-0.2, 0) is 32.6 Å². The zero-order valence-corrected chi connectivity index (χ0v) is 26.1. The number of hydrogen-bond donors (Lipinski definition) is 1. The van der Waals surface area contributed by atoms with E-state index in [1.807, 2.05) is 75.4 Å². The second kappa shape index (κ2) is 14.4. The Morgan fingerprint density at radius 2 is 1.47 bits per heavy atom. The Bertz CT molecular complexity index is 1640. The monoisotopic (exact) mass is 617 g/mol. The minimum absolute atomic E-state index is 0.0000655. The highest BCUT2D eigenvalue weighted by molar-refractivity contribution is 7.92. The van der Waals surface area contributed by atoms with Crippen molar-refractivity contribution in [1.82, 2.24) is 10.2 Å². The molecule has 4 aromatic rings. The standard InChI is InChI=1S/C34H36ClN3O4S/c1-4-36-34(40)32(22-27-10-6-5-7-11-27)37(23-28-12-8-9-26(3)21-28)33(39)24-38(30-17-13-25(2)14-18-30)43(41,42)31-19-15-29(35)16-20-31/h5-21,32H,4,22-24H2,1-3H3,(H,36,40)/t32-/m1/s1. The average Bonchev–Trinajstić information content (AvgIpc) is 2.99. The first-order valence-electron chi connectivity index (χ1n) is 14.1. The molecule has 1 atom stereocenters. The van der Waals surface area contributed by atoms with Crippen LogP contribution in [0.1, 0.15) is 29.2 Å². The quantitative estimate of drug-likeness (QED) is 0.214. The van der Waals surface area contributed by atoms with Crippen LogP contribution in [0.15, 0.2) is 108 Å². The minimum Gasteiger partial charge on any atom is -0.355 e. The van der Waals surface area contributed by atoms with Crippen molar-refractivity contribution in [2.45, 2.75) is 44.7 Å². The first-order valence-corrected chi connectivity index (χ1v) is 15.9. The summed E-state index contributed by atoms with van der Waals surface area (Å²) in [4.78, 5) is 29.4. The van der Waals surface area contributed by atoms with Gasteiger partial charge < -0.3 is 10.2 Å². The van der Waals surface area contributed by atoms with Crippen molar-refractivity contribution in [2.75, 3.05) is 17.4 Å². The highest BCUT2D eigenvalue weighted by Gasteiger charge is 2.34. The van der Waals surface area contributed by atoms with Crippen LogP contribution in [0, 0.1) is 13.8 Å². The Balaban J connectivity index is 1.79. The fraction of sp³-hybridized carbons (Fsp3) is 0.235. The third-order valence-electron chi connectivity index (χ3n) is 7.06. The van der Waals surface area contributed by atoms with E-state index < -0.39 is 28.5 Å². The van der Waals surface area contributed by atoms with E-state index in [1.54, 1.807) is 24.3 Å². The summed E-state index contributed by atoms with van der Waals surface area (Å²) in [5.74, 6) is -0.818. The molecule has 0 bridgehead atoms. The molecule has 43 heavy (non-hydrogen) atoms. The number of nitrogens with zero attached hydrogens (tertiary/aromatic N) is 2. The summed E-state index contributed by atoms with van der Waals surface area (Å²) in [5, 5.41) is 3.27. The van der Waals surface area contributed by atoms with Crippen molar-refractivity contribution in [1.29, 1.82) is 0 Å². The van der Waals surface area contributed by atoms with Crippen molar-refractivity contribution in [3.05, 3.63) is 130 Å². The molecule has 2 amide bonds. The average molecular weight is 618 g/mol. The molecule has 9 heteroatoms. The summed E-state index contributed by atoms with van der Waals surface area (Å²) in [6, 6.07) is 29.1. The van der Waals surface area contributed by atoms with Crippen molar-refractivity contribution < 1.29 is 18.0 Å². The molecule has 1 N–H and O–H groups in total. The van der Waals surface area contributed by atoms with E-state index >= 15 is 0 Å². The topological polar surface area (TPSA) is 86.8 Å². The first kappa shape index (κ1) is 31.8. The van der Waals surface area contributed by atoms with Gasteiger partial charge in [-0.3, -0.25) is 13.9 Å². The number of rotatable bonds is 12. The molecule has 4 aromatic carbocycles. The van der Waals surface area contributed by atoms with Gasteiger partial charge in [0.25, 0.3) is 10.0 Å². The van der Waals surface area contributed by atoms with Crippen molar-refractivity contribution in [3.8, 4) is 0 Å². The lowest BCUT2D eigenvalue weighted by Gasteiger charge is -2.34. The normalized spacial score (nSPS) is 11.9. The summed E-state index contributed by atoms with van der Waals surface area (Å²) in [5.41, 5.74) is 4.00. The molecule has 224 valence electrons. The van der Waals surface area contributed by atoms with Gasteiger partial charge in [-0.05, 0) is 68.3 Å². The zero-order chi connectivity index (χ0) is 31.0. The molecule has 0 saturated carbocycles. The van der Waals surface area contributed by atoms with Gasteiger partial charge in [-0.25, -0.2) is 8.42 Å². The number of anilines is 1. The number of amides is 2. The number of aryl methyl sites for hydroxylation is 2. The fourth-order valence-electron chi connectivity index (χ4n) is 4.83. The number of likely N-dealkylation sites (N-methyl/N-ethyl adjacent to an activating group) is 1. The van der Waals surface area contributed by atoms with Crippen LogP contribution in [0.2, 0.25) is 5.02 Å². The van der Waals surface area contributed by atoms with Crippen LogP contribution < -0.4 is 9.62 Å². The molecule has 0 saturated heterocycles. The molecule has 0 fully saturated rings. The number of sulfonamides is 1. The van der Waals surface area contributed by atoms with Crippen molar-refractivity contribution in [3.63, 3.8) is 0 Å². The number of halogens is 1. The highest BCUT2D eigenvalue weighted by atomic mass is 35.5. The maximum Gasteiger partial charge on any atom is 0.264 e. The SMILES string of the molecule is CCNC(=O)[C@@H](Cc1ccccc1)N(Cc1cccc(C)c1)C(=O)CN(c1ccc(C)cc1)S(=O)(=O)c1ccc(Cl)cc1. The van der Waals surface area contributed by atoms with Crippen LogP contribution in [-0.4, -0.2) is 44.3 Å². The largest absolute Gasteiger partial charge is 0.355 e. The maximum absolute atomic E-state index is 14.4. The predicted octanol–water partition coefficient (Wildman–Crippen LogP) is 5.93. The molecule has 0 heterocycles. The van der Waals surface area contributed by atoms with Gasteiger partial charge in [0, 0.05) is 24.5 Å². The number of nitrogens with one attached hydrogen (secondary N) is 1. The van der Waals surface area contributed by atoms with Gasteiger partial charge in [0.05, 0.1) is 10.6 Å². The number of hydrogen-bond acceptors (Lipinski definition) is 4. The molecule has 0 aliphatic carbocycles. The van der Waals surface area contributed by atoms with Crippen LogP contribution in [0.25, 0.3) is 0 Å². The molecule has 0 spiro atoms. The summed E-state index contributed by atoms with van der Waals surface area (Å²) < 4.78 is 29.1. The molecule has 4 rings (SSSR count). The Morgan fingerprint density at radius 3 is 2.09 bits per heavy atom. The minimum atomic E-state index is -4.18. The van der Waals surface area contributed by atoms with Crippen molar-refractivity contribution in [2.24, 2.45) is 0 Å². The van der Waals surface area contributed by atoms with E-state index in [2.05, 4.69) is 5.32 Å². The first-order chi connectivity index (χ1) is 20.6. The van der Waals surface area contributed by atoms with E-state index in [0.29, 0.717) is 17.3 Å². The Morgan fingerprint density at radius 1 is 0.814 bits per heavy atom. The lowest BCUT2D eigenvalue weighted by Crippen LogP contribution is -2.53. The van der Waals surface area contributed by atoms with E-state index in [9.17, 15) is 18.0 Å². The lowest BCUT2D eigenvalue weighted by atomic mass is 10.0. The molecule has 0 aliphatic rings. The van der Waals surface area contributed by atoms with E-state index in [0.717, 1.165) is 26.6 Å². The van der Waals surface area contributed by atoms with E-state index in [-0.39, 0.29) is 23.8 Å². The molecule has 0 unspecified atom stereocenters. The lowest BCUT2D eigenvalue weighted by molar-refractivity contribution is -0.140. The fourth-order valence-corrected chi connectivity index (χ4v) is 6.37. The van der Waals surface area contributed by atoms with Gasteiger partial charge in [0.1, 0.15) is 12.6 Å². The Labute approximate surface area is 259 Å². The Hall–Kier alpha value is -4.14. The molecular formula is C34H36ClN3O4S. The summed E-state index contributed by atoms with van der Waals surface area (Å²) in [6.45, 7) is 5.68. The molecule has 0 aromatic heterocycles. The van der Waals surface area contributed by atoms with E-state index in [4.69, 9.17) is 11.6 Å². The van der Waals surface area contributed by atoms with Crippen LogP contribution in [0.5, 0.6) is 0 Å². The maximum atomic E-state index is 14.4. The third-order valence-corrected chi connectivity index (χ3v) is 9.10. The van der Waals surface area contributed by atoms with Gasteiger partial charge in [-0.2, -0.15) is 0 Å². The molecule has 0 aliphatic heterocycles. The van der Waals surface area contributed by atoms with Crippen molar-refractivity contribution >= 4 is 39.1 Å². The van der Waals surface area contributed by atoms with Crippen LogP contribution in [0.3, 0.4) is 0 Å². The highest BCUT2D eigenvalue weighted by Crippen LogP contribution is 2.26.